The van der Waals surface area contributed by atoms with Crippen molar-refractivity contribution in [1.29, 1.82) is 0 Å². The Morgan fingerprint density at radius 2 is 1.93 bits per heavy atom. The van der Waals surface area contributed by atoms with Gasteiger partial charge in [-0.2, -0.15) is 0 Å². The summed E-state index contributed by atoms with van der Waals surface area (Å²) in [6, 6.07) is 10.8. The van der Waals surface area contributed by atoms with Crippen LogP contribution in [0.5, 0.6) is 0 Å². The molecule has 140 valence electrons. The van der Waals surface area contributed by atoms with E-state index >= 15 is 0 Å². The Labute approximate surface area is 162 Å². The van der Waals surface area contributed by atoms with Crippen LogP contribution in [0.15, 0.2) is 48.8 Å². The molecule has 0 amide bonds. The van der Waals surface area contributed by atoms with Gasteiger partial charge in [0, 0.05) is 37.6 Å². The van der Waals surface area contributed by atoms with Crippen molar-refractivity contribution in [2.75, 3.05) is 13.1 Å². The van der Waals surface area contributed by atoms with E-state index in [1.165, 1.54) is 11.6 Å². The molecule has 0 radical (unpaired) electrons. The van der Waals surface area contributed by atoms with Gasteiger partial charge in [0.25, 0.3) is 0 Å². The molecule has 0 bridgehead atoms. The standard InChI is InChI=1S/C19H18FN5O.ClH/c20-15-4-2-1-3-14(15)19-17-12-26-18-11-24(9-13-5-7-21-8-6-13)10-16(18)25(17)23-22-19;/h1-8,16,18H,9-12H2;1H/t16-,18-;/m0./s1. The molecule has 2 aliphatic heterocycles. The number of hydrogen-bond acceptors (Lipinski definition) is 5. The molecule has 6 nitrogen and oxygen atoms in total. The normalized spacial score (nSPS) is 21.4. The molecule has 1 aromatic carbocycles. The van der Waals surface area contributed by atoms with Crippen LogP contribution in [0.4, 0.5) is 4.39 Å². The van der Waals surface area contributed by atoms with Crippen LogP contribution in [0.2, 0.25) is 0 Å². The van der Waals surface area contributed by atoms with Crippen LogP contribution in [0.25, 0.3) is 11.3 Å². The van der Waals surface area contributed by atoms with Crippen molar-refractivity contribution in [3.63, 3.8) is 0 Å². The van der Waals surface area contributed by atoms with E-state index in [1.807, 2.05) is 35.3 Å². The molecule has 27 heavy (non-hydrogen) atoms. The fraction of sp³-hybridized carbons (Fsp3) is 0.316. The van der Waals surface area contributed by atoms with Crippen molar-refractivity contribution in [2.45, 2.75) is 25.3 Å². The minimum Gasteiger partial charge on any atom is -0.368 e. The van der Waals surface area contributed by atoms with Crippen molar-refractivity contribution in [3.05, 3.63) is 65.9 Å². The van der Waals surface area contributed by atoms with Gasteiger partial charge in [0.2, 0.25) is 0 Å². The van der Waals surface area contributed by atoms with Gasteiger partial charge < -0.3 is 4.74 Å². The van der Waals surface area contributed by atoms with Gasteiger partial charge >= 0.3 is 0 Å². The first-order valence-corrected chi connectivity index (χ1v) is 8.71. The quantitative estimate of drug-likeness (QED) is 0.691. The average molecular weight is 388 g/mol. The van der Waals surface area contributed by atoms with Crippen LogP contribution in [0.3, 0.4) is 0 Å². The summed E-state index contributed by atoms with van der Waals surface area (Å²) >= 11 is 0. The first-order chi connectivity index (χ1) is 12.8. The van der Waals surface area contributed by atoms with Crippen LogP contribution < -0.4 is 0 Å². The largest absolute Gasteiger partial charge is 0.368 e. The molecule has 2 aromatic heterocycles. The average Bonchev–Trinajstić information content (AvgIpc) is 3.26. The summed E-state index contributed by atoms with van der Waals surface area (Å²) in [5.74, 6) is -0.288. The highest BCUT2D eigenvalue weighted by Crippen LogP contribution is 2.35. The van der Waals surface area contributed by atoms with Crippen LogP contribution in [0.1, 0.15) is 17.3 Å². The Balaban J connectivity index is 0.00000180. The van der Waals surface area contributed by atoms with E-state index in [4.69, 9.17) is 4.74 Å². The number of benzene rings is 1. The van der Waals surface area contributed by atoms with Crippen LogP contribution >= 0.6 is 12.4 Å². The van der Waals surface area contributed by atoms with Crippen molar-refractivity contribution in [2.24, 2.45) is 0 Å². The SMILES string of the molecule is Cl.Fc1ccccc1-c1nnn2c1CO[C@H]1CN(Cc3ccncc3)C[C@@H]12. The highest BCUT2D eigenvalue weighted by Gasteiger charge is 2.40. The first-order valence-electron chi connectivity index (χ1n) is 8.71. The van der Waals surface area contributed by atoms with E-state index in [0.717, 1.165) is 25.3 Å². The highest BCUT2D eigenvalue weighted by atomic mass is 35.5. The minimum absolute atomic E-state index is 0. The second kappa shape index (κ2) is 7.34. The Morgan fingerprint density at radius 3 is 2.74 bits per heavy atom. The van der Waals surface area contributed by atoms with E-state index in [0.29, 0.717) is 17.9 Å². The molecule has 0 spiro atoms. The lowest BCUT2D eigenvalue weighted by atomic mass is 10.1. The van der Waals surface area contributed by atoms with Gasteiger partial charge in [0.1, 0.15) is 11.5 Å². The summed E-state index contributed by atoms with van der Waals surface area (Å²) in [5, 5.41) is 8.61. The van der Waals surface area contributed by atoms with Gasteiger partial charge in [-0.1, -0.05) is 17.3 Å². The van der Waals surface area contributed by atoms with E-state index < -0.39 is 0 Å². The van der Waals surface area contributed by atoms with E-state index in [9.17, 15) is 4.39 Å². The molecule has 8 heteroatoms. The molecule has 1 fully saturated rings. The number of likely N-dealkylation sites (tertiary alicyclic amines) is 1. The summed E-state index contributed by atoms with van der Waals surface area (Å²) in [6.45, 7) is 2.94. The lowest BCUT2D eigenvalue weighted by Crippen LogP contribution is -2.32. The molecular formula is C19H19ClFN5O. The molecule has 5 rings (SSSR count). The molecular weight excluding hydrogens is 369 g/mol. The van der Waals surface area contributed by atoms with Gasteiger partial charge in [0.05, 0.1) is 24.4 Å². The number of hydrogen-bond donors (Lipinski definition) is 0. The molecule has 0 saturated carbocycles. The second-order valence-electron chi connectivity index (χ2n) is 6.78. The second-order valence-corrected chi connectivity index (χ2v) is 6.78. The van der Waals surface area contributed by atoms with E-state index in [-0.39, 0.29) is 30.4 Å². The number of nitrogens with zero attached hydrogens (tertiary/aromatic N) is 5. The minimum atomic E-state index is -0.288. The van der Waals surface area contributed by atoms with Gasteiger partial charge in [-0.05, 0) is 29.8 Å². The van der Waals surface area contributed by atoms with E-state index in [2.05, 4.69) is 20.2 Å². The summed E-state index contributed by atoms with van der Waals surface area (Å²) in [7, 11) is 0. The molecule has 0 aliphatic carbocycles. The maximum absolute atomic E-state index is 14.2. The first kappa shape index (κ1) is 18.0. The Kier molecular flexibility index (Phi) is 4.90. The number of pyridine rings is 1. The van der Waals surface area contributed by atoms with Crippen molar-refractivity contribution < 1.29 is 9.13 Å². The van der Waals surface area contributed by atoms with Crippen molar-refractivity contribution >= 4 is 12.4 Å². The molecule has 0 N–H and O–H groups in total. The van der Waals surface area contributed by atoms with Gasteiger partial charge in [-0.15, -0.1) is 17.5 Å². The predicted octanol–water partition coefficient (Wildman–Crippen LogP) is 2.86. The predicted molar refractivity (Wildman–Crippen MR) is 99.8 cm³/mol. The molecule has 2 aliphatic rings. The van der Waals surface area contributed by atoms with E-state index in [1.54, 1.807) is 12.1 Å². The fourth-order valence-electron chi connectivity index (χ4n) is 3.87. The Bertz CT molecular complexity index is 935. The third-order valence-corrected chi connectivity index (χ3v) is 5.14. The number of ether oxygens (including phenoxy) is 1. The highest BCUT2D eigenvalue weighted by molar-refractivity contribution is 5.85. The fourth-order valence-corrected chi connectivity index (χ4v) is 3.87. The third kappa shape index (κ3) is 3.22. The van der Waals surface area contributed by atoms with Gasteiger partial charge in [-0.3, -0.25) is 9.88 Å². The van der Waals surface area contributed by atoms with Crippen molar-refractivity contribution in [3.8, 4) is 11.3 Å². The Morgan fingerprint density at radius 1 is 1.11 bits per heavy atom. The lowest BCUT2D eigenvalue weighted by Gasteiger charge is -2.26. The van der Waals surface area contributed by atoms with Gasteiger partial charge in [0.15, 0.2) is 0 Å². The molecule has 1 saturated heterocycles. The monoisotopic (exact) mass is 387 g/mol. The van der Waals surface area contributed by atoms with Crippen molar-refractivity contribution in [1.82, 2.24) is 24.9 Å². The maximum Gasteiger partial charge on any atom is 0.132 e. The molecule has 4 heterocycles. The third-order valence-electron chi connectivity index (χ3n) is 5.14. The zero-order chi connectivity index (χ0) is 17.5. The molecule has 2 atom stereocenters. The molecule has 0 unspecified atom stereocenters. The topological polar surface area (TPSA) is 56.1 Å². The maximum atomic E-state index is 14.2. The number of halogens is 2. The summed E-state index contributed by atoms with van der Waals surface area (Å²) in [5.41, 5.74) is 3.13. The summed E-state index contributed by atoms with van der Waals surface area (Å²) < 4.78 is 22.2. The number of rotatable bonds is 3. The van der Waals surface area contributed by atoms with Crippen LogP contribution in [-0.4, -0.2) is 44.1 Å². The number of aromatic nitrogens is 4. The smallest absolute Gasteiger partial charge is 0.132 e. The van der Waals surface area contributed by atoms with Crippen LogP contribution in [0, 0.1) is 5.82 Å². The van der Waals surface area contributed by atoms with Gasteiger partial charge in [-0.25, -0.2) is 9.07 Å². The number of fused-ring (bicyclic) bond motifs is 3. The Hall–Kier alpha value is -2.35. The molecule has 3 aromatic rings. The zero-order valence-electron chi connectivity index (χ0n) is 14.5. The van der Waals surface area contributed by atoms with Crippen LogP contribution in [-0.2, 0) is 17.9 Å². The lowest BCUT2D eigenvalue weighted by molar-refractivity contribution is -0.00494. The summed E-state index contributed by atoms with van der Waals surface area (Å²) in [4.78, 5) is 6.42. The zero-order valence-corrected chi connectivity index (χ0v) is 15.3. The summed E-state index contributed by atoms with van der Waals surface area (Å²) in [6.07, 6.45) is 3.70.